The van der Waals surface area contributed by atoms with E-state index in [0.29, 0.717) is 18.7 Å². The molecular formula is C17H19F3N2O3. The Bertz CT molecular complexity index is 671. The average Bonchev–Trinajstić information content (AvgIpc) is 2.78. The number of hydrogen-bond donors (Lipinski definition) is 2. The third-order valence-corrected chi connectivity index (χ3v) is 5.33. The van der Waals surface area contributed by atoms with Gasteiger partial charge in [0.1, 0.15) is 0 Å². The van der Waals surface area contributed by atoms with Crippen LogP contribution in [0.1, 0.15) is 24.8 Å². The molecule has 8 heteroatoms. The highest BCUT2D eigenvalue weighted by molar-refractivity contribution is 5.98. The Morgan fingerprint density at radius 3 is 2.32 bits per heavy atom. The molecule has 1 aromatic rings. The fourth-order valence-electron chi connectivity index (χ4n) is 4.11. The van der Waals surface area contributed by atoms with Crippen molar-refractivity contribution in [2.75, 3.05) is 13.1 Å². The van der Waals surface area contributed by atoms with E-state index in [9.17, 15) is 27.9 Å². The minimum Gasteiger partial charge on any atom is -0.465 e. The van der Waals surface area contributed by atoms with E-state index in [1.165, 1.54) is 12.1 Å². The number of carbonyl (C=O) groups is 2. The van der Waals surface area contributed by atoms with Gasteiger partial charge in [0.25, 0.3) is 0 Å². The smallest absolute Gasteiger partial charge is 0.414 e. The van der Waals surface area contributed by atoms with Crippen LogP contribution in [0.15, 0.2) is 30.3 Å². The first-order valence-corrected chi connectivity index (χ1v) is 8.11. The molecule has 0 aromatic heterocycles. The number of imide groups is 1. The molecule has 3 rings (SSSR count). The lowest BCUT2D eigenvalue weighted by Gasteiger charge is -2.37. The van der Waals surface area contributed by atoms with Crippen molar-refractivity contribution in [3.05, 3.63) is 35.9 Å². The SMILES string of the molecule is O=C(O)N1C(=O)C2(CCNCC2)CC1(Cc1ccccc1)C(F)(F)F. The van der Waals surface area contributed by atoms with Crippen molar-refractivity contribution in [2.24, 2.45) is 5.41 Å². The quantitative estimate of drug-likeness (QED) is 0.855. The predicted octanol–water partition coefficient (Wildman–Crippen LogP) is 2.81. The molecule has 2 N–H and O–H groups in total. The number of amides is 2. The lowest BCUT2D eigenvalue weighted by Crippen LogP contribution is -2.59. The zero-order chi connectivity index (χ0) is 18.3. The van der Waals surface area contributed by atoms with Gasteiger partial charge in [0.15, 0.2) is 5.54 Å². The lowest BCUT2D eigenvalue weighted by molar-refractivity contribution is -0.218. The standard InChI is InChI=1S/C17H19F3N2O3/c18-17(19,20)16(10-12-4-2-1-3-5-12)11-15(6-8-21-9-7-15)13(23)22(16)14(24)25/h1-5,21H,6-11H2,(H,24,25). The second-order valence-corrected chi connectivity index (χ2v) is 6.82. The Hall–Kier alpha value is -2.09. The number of nitrogens with one attached hydrogen (secondary N) is 1. The van der Waals surface area contributed by atoms with Gasteiger partial charge < -0.3 is 10.4 Å². The Morgan fingerprint density at radius 1 is 1.20 bits per heavy atom. The summed E-state index contributed by atoms with van der Waals surface area (Å²) in [5.41, 5.74) is -3.65. The van der Waals surface area contributed by atoms with E-state index in [1.807, 2.05) is 0 Å². The molecule has 5 nitrogen and oxygen atoms in total. The third-order valence-electron chi connectivity index (χ3n) is 5.33. The van der Waals surface area contributed by atoms with Gasteiger partial charge in [-0.1, -0.05) is 30.3 Å². The molecule has 2 aliphatic rings. The monoisotopic (exact) mass is 356 g/mol. The Morgan fingerprint density at radius 2 is 1.80 bits per heavy atom. The highest BCUT2D eigenvalue weighted by Gasteiger charge is 2.71. The summed E-state index contributed by atoms with van der Waals surface area (Å²) in [5, 5.41) is 12.5. The van der Waals surface area contributed by atoms with E-state index >= 15 is 0 Å². The number of benzene rings is 1. The largest absolute Gasteiger partial charge is 0.465 e. The van der Waals surface area contributed by atoms with Crippen molar-refractivity contribution in [3.63, 3.8) is 0 Å². The summed E-state index contributed by atoms with van der Waals surface area (Å²) in [6.45, 7) is 0.803. The van der Waals surface area contributed by atoms with Crippen molar-refractivity contribution in [1.82, 2.24) is 10.2 Å². The Kier molecular flexibility index (Phi) is 4.26. The highest BCUT2D eigenvalue weighted by atomic mass is 19.4. The van der Waals surface area contributed by atoms with Crippen LogP contribution in [-0.4, -0.2) is 46.8 Å². The van der Waals surface area contributed by atoms with Crippen molar-refractivity contribution in [1.29, 1.82) is 0 Å². The maximum atomic E-state index is 14.2. The molecule has 0 aliphatic carbocycles. The topological polar surface area (TPSA) is 69.6 Å². The molecule has 136 valence electrons. The van der Waals surface area contributed by atoms with Gasteiger partial charge in [-0.3, -0.25) is 4.79 Å². The fourth-order valence-corrected chi connectivity index (χ4v) is 4.11. The lowest BCUT2D eigenvalue weighted by atomic mass is 9.72. The number of rotatable bonds is 2. The van der Waals surface area contributed by atoms with Gasteiger partial charge >= 0.3 is 12.3 Å². The van der Waals surface area contributed by atoms with E-state index < -0.39 is 42.0 Å². The molecule has 0 bridgehead atoms. The van der Waals surface area contributed by atoms with Gasteiger partial charge in [0.05, 0.1) is 5.41 Å². The van der Waals surface area contributed by atoms with Gasteiger partial charge in [-0.2, -0.15) is 13.2 Å². The number of nitrogens with zero attached hydrogens (tertiary/aromatic N) is 1. The minimum absolute atomic E-state index is 0.0608. The summed E-state index contributed by atoms with van der Waals surface area (Å²) in [6.07, 6.45) is -7.36. The van der Waals surface area contributed by atoms with Crippen LogP contribution in [-0.2, 0) is 11.2 Å². The average molecular weight is 356 g/mol. The summed E-state index contributed by atoms with van der Waals surface area (Å²) in [5.74, 6) is -0.922. The molecular weight excluding hydrogens is 337 g/mol. The van der Waals surface area contributed by atoms with Crippen LogP contribution in [0.2, 0.25) is 0 Å². The van der Waals surface area contributed by atoms with Crippen molar-refractivity contribution >= 4 is 12.0 Å². The summed E-state index contributed by atoms with van der Waals surface area (Å²) >= 11 is 0. The highest BCUT2D eigenvalue weighted by Crippen LogP contribution is 2.55. The number of likely N-dealkylation sites (tertiary alicyclic amines) is 1. The molecule has 2 amide bonds. The summed E-state index contributed by atoms with van der Waals surface area (Å²) in [4.78, 5) is 24.5. The van der Waals surface area contributed by atoms with E-state index in [0.717, 1.165) is 0 Å². The molecule has 0 saturated carbocycles. The third kappa shape index (κ3) is 2.78. The Labute approximate surface area is 142 Å². The number of carboxylic acid groups (broad SMARTS) is 1. The minimum atomic E-state index is -4.86. The second kappa shape index (κ2) is 6.01. The summed E-state index contributed by atoms with van der Waals surface area (Å²) in [6, 6.07) is 7.91. The molecule has 25 heavy (non-hydrogen) atoms. The number of carbonyl (C=O) groups excluding carboxylic acids is 1. The molecule has 2 saturated heterocycles. The maximum Gasteiger partial charge on any atom is 0.414 e. The normalized spacial score (nSPS) is 26.2. The van der Waals surface area contributed by atoms with Gasteiger partial charge in [-0.15, -0.1) is 0 Å². The van der Waals surface area contributed by atoms with Crippen LogP contribution in [0.3, 0.4) is 0 Å². The molecule has 0 radical (unpaired) electrons. The van der Waals surface area contributed by atoms with Crippen LogP contribution < -0.4 is 5.32 Å². The number of alkyl halides is 3. The van der Waals surface area contributed by atoms with E-state index in [2.05, 4.69) is 5.32 Å². The van der Waals surface area contributed by atoms with E-state index in [4.69, 9.17) is 0 Å². The molecule has 2 aliphatic heterocycles. The molecule has 2 fully saturated rings. The van der Waals surface area contributed by atoms with Crippen LogP contribution in [0.25, 0.3) is 0 Å². The zero-order valence-corrected chi connectivity index (χ0v) is 13.5. The van der Waals surface area contributed by atoms with Crippen LogP contribution in [0, 0.1) is 5.41 Å². The molecule has 1 spiro atoms. The van der Waals surface area contributed by atoms with Gasteiger partial charge in [0, 0.05) is 6.42 Å². The van der Waals surface area contributed by atoms with Gasteiger partial charge in [-0.05, 0) is 37.9 Å². The zero-order valence-electron chi connectivity index (χ0n) is 13.5. The second-order valence-electron chi connectivity index (χ2n) is 6.82. The number of piperidine rings is 1. The van der Waals surface area contributed by atoms with Crippen LogP contribution in [0.4, 0.5) is 18.0 Å². The molecule has 1 aromatic carbocycles. The van der Waals surface area contributed by atoms with Crippen molar-refractivity contribution in [3.8, 4) is 0 Å². The number of hydrogen-bond acceptors (Lipinski definition) is 3. The van der Waals surface area contributed by atoms with E-state index in [1.54, 1.807) is 18.2 Å². The van der Waals surface area contributed by atoms with Crippen LogP contribution in [0.5, 0.6) is 0 Å². The first kappa shape index (κ1) is 17.7. The first-order chi connectivity index (χ1) is 11.7. The number of halogens is 3. The van der Waals surface area contributed by atoms with Crippen molar-refractivity contribution in [2.45, 2.75) is 37.4 Å². The Balaban J connectivity index is 2.11. The van der Waals surface area contributed by atoms with Gasteiger partial charge in [0.2, 0.25) is 5.91 Å². The van der Waals surface area contributed by atoms with Crippen LogP contribution >= 0.6 is 0 Å². The fraction of sp³-hybridized carbons (Fsp3) is 0.529. The molecule has 2 heterocycles. The molecule has 1 unspecified atom stereocenters. The van der Waals surface area contributed by atoms with Crippen molar-refractivity contribution < 1.29 is 27.9 Å². The molecule has 1 atom stereocenters. The predicted molar refractivity (Wildman–Crippen MR) is 83.0 cm³/mol. The van der Waals surface area contributed by atoms with Gasteiger partial charge in [-0.25, -0.2) is 9.69 Å². The maximum absolute atomic E-state index is 14.2. The first-order valence-electron chi connectivity index (χ1n) is 8.11. The van der Waals surface area contributed by atoms with E-state index in [-0.39, 0.29) is 17.7 Å². The summed E-state index contributed by atoms with van der Waals surface area (Å²) in [7, 11) is 0. The summed E-state index contributed by atoms with van der Waals surface area (Å²) < 4.78 is 42.5.